The third kappa shape index (κ3) is 6.97. The Bertz CT molecular complexity index is 1830. The average Bonchev–Trinajstić information content (AvgIpc) is 2.92. The molecule has 1 atom stereocenters. The number of anilines is 1. The molecular weight excluding hydrogens is 606 g/mol. The fraction of sp³-hybridized carbons (Fsp3) is 0.231. The summed E-state index contributed by atoms with van der Waals surface area (Å²) >= 11 is 5.94. The maximum absolute atomic E-state index is 13.4. The van der Waals surface area contributed by atoms with E-state index in [0.717, 1.165) is 22.8 Å². The molecule has 0 aliphatic rings. The average molecular weight is 628 g/mol. The molecule has 2 aromatic carbocycles. The number of carbonyl (C=O) groups is 1. The van der Waals surface area contributed by atoms with Crippen molar-refractivity contribution in [2.75, 3.05) is 18.4 Å². The van der Waals surface area contributed by atoms with Gasteiger partial charge in [-0.1, -0.05) is 24.6 Å². The number of hydrogen-bond acceptors (Lipinski definition) is 7. The molecule has 4 rings (SSSR count). The van der Waals surface area contributed by atoms with Crippen LogP contribution in [0.25, 0.3) is 22.0 Å². The van der Waals surface area contributed by atoms with Crippen LogP contribution < -0.4 is 20.3 Å². The zero-order chi connectivity index (χ0) is 30.8. The highest BCUT2D eigenvalue weighted by molar-refractivity contribution is 7.92. The number of alkyl halides is 3. The number of halogens is 5. The second kappa shape index (κ2) is 11.9. The minimum atomic E-state index is -4.57. The van der Waals surface area contributed by atoms with Gasteiger partial charge >= 0.3 is 6.18 Å². The number of hydrogen-bond donors (Lipinski definition) is 2. The first-order chi connectivity index (χ1) is 19.7. The molecule has 0 saturated heterocycles. The summed E-state index contributed by atoms with van der Waals surface area (Å²) in [5.74, 6) is -2.65. The van der Waals surface area contributed by atoms with Gasteiger partial charge in [-0.2, -0.15) is 13.2 Å². The molecule has 42 heavy (non-hydrogen) atoms. The van der Waals surface area contributed by atoms with Crippen molar-refractivity contribution in [2.45, 2.75) is 24.5 Å². The lowest BCUT2D eigenvalue weighted by Gasteiger charge is -2.15. The van der Waals surface area contributed by atoms with E-state index < -0.39 is 45.9 Å². The standard InChI is InChI=1S/C26H22ClF4N5O5S/c1-14(23(37)33-12-26(29,30)31)11-36-13-34-20-5-3-15(7-18(20)25(36)38)16-8-21(24(41-2)32-10-16)35-42(39,40)22-6-4-17(28)9-19(22)27/h3-10,13-14,35H,11-12H2,1-2H3,(H,33,37). The number of sulfonamides is 1. The molecule has 222 valence electrons. The first-order valence-corrected chi connectivity index (χ1v) is 13.9. The van der Waals surface area contributed by atoms with E-state index in [1.807, 2.05) is 0 Å². The van der Waals surface area contributed by atoms with Gasteiger partial charge in [0, 0.05) is 18.3 Å². The molecule has 0 spiro atoms. The summed E-state index contributed by atoms with van der Waals surface area (Å²) in [6.07, 6.45) is -2.00. The van der Waals surface area contributed by atoms with E-state index in [-0.39, 0.29) is 33.4 Å². The van der Waals surface area contributed by atoms with E-state index in [2.05, 4.69) is 14.7 Å². The van der Waals surface area contributed by atoms with Crippen LogP contribution in [-0.2, 0) is 21.4 Å². The van der Waals surface area contributed by atoms with Crippen LogP contribution in [0.15, 0.2) is 64.7 Å². The zero-order valence-electron chi connectivity index (χ0n) is 21.9. The minimum absolute atomic E-state index is 0.0715. The van der Waals surface area contributed by atoms with E-state index in [1.54, 1.807) is 17.4 Å². The monoisotopic (exact) mass is 627 g/mol. The van der Waals surface area contributed by atoms with Crippen molar-refractivity contribution in [3.8, 4) is 17.0 Å². The van der Waals surface area contributed by atoms with Crippen molar-refractivity contribution in [3.63, 3.8) is 0 Å². The number of nitrogens with one attached hydrogen (secondary N) is 2. The molecule has 0 radical (unpaired) electrons. The summed E-state index contributed by atoms with van der Waals surface area (Å²) in [4.78, 5) is 33.2. The van der Waals surface area contributed by atoms with Gasteiger partial charge in [0.2, 0.25) is 11.8 Å². The third-order valence-corrected chi connectivity index (χ3v) is 7.86. The van der Waals surface area contributed by atoms with Gasteiger partial charge in [0.25, 0.3) is 15.6 Å². The summed E-state index contributed by atoms with van der Waals surface area (Å²) in [5.41, 5.74) is 0.492. The zero-order valence-corrected chi connectivity index (χ0v) is 23.4. The second-order valence-electron chi connectivity index (χ2n) is 9.13. The molecule has 2 aromatic heterocycles. The van der Waals surface area contributed by atoms with E-state index in [9.17, 15) is 35.6 Å². The van der Waals surface area contributed by atoms with E-state index in [4.69, 9.17) is 16.3 Å². The number of amides is 1. The van der Waals surface area contributed by atoms with Gasteiger partial charge in [-0.15, -0.1) is 0 Å². The summed E-state index contributed by atoms with van der Waals surface area (Å²) < 4.78 is 85.3. The highest BCUT2D eigenvalue weighted by Gasteiger charge is 2.29. The highest BCUT2D eigenvalue weighted by atomic mass is 35.5. The Balaban J connectivity index is 1.65. The Hall–Kier alpha value is -4.24. The number of methoxy groups -OCH3 is 1. The van der Waals surface area contributed by atoms with Gasteiger partial charge in [-0.25, -0.2) is 22.8 Å². The molecule has 0 fully saturated rings. The maximum Gasteiger partial charge on any atom is 0.405 e. The number of fused-ring (bicyclic) bond motifs is 1. The number of carbonyl (C=O) groups excluding carboxylic acids is 1. The number of benzene rings is 2. The smallest absolute Gasteiger partial charge is 0.405 e. The Morgan fingerprint density at radius 2 is 1.86 bits per heavy atom. The van der Waals surface area contributed by atoms with Crippen LogP contribution in [0.2, 0.25) is 5.02 Å². The van der Waals surface area contributed by atoms with Crippen LogP contribution in [0.4, 0.5) is 23.2 Å². The quantitative estimate of drug-likeness (QED) is 0.263. The van der Waals surface area contributed by atoms with Crippen LogP contribution in [0.3, 0.4) is 0 Å². The molecule has 10 nitrogen and oxygen atoms in total. The lowest BCUT2D eigenvalue weighted by Crippen LogP contribution is -2.39. The molecule has 1 unspecified atom stereocenters. The highest BCUT2D eigenvalue weighted by Crippen LogP contribution is 2.32. The number of ether oxygens (including phenoxy) is 1. The van der Waals surface area contributed by atoms with E-state index >= 15 is 0 Å². The van der Waals surface area contributed by atoms with Gasteiger partial charge in [-0.3, -0.25) is 18.9 Å². The molecule has 0 aliphatic heterocycles. The number of rotatable bonds is 9. The third-order valence-electron chi connectivity index (χ3n) is 6.01. The summed E-state index contributed by atoms with van der Waals surface area (Å²) in [6.45, 7) is -0.337. The predicted octanol–water partition coefficient (Wildman–Crippen LogP) is 4.38. The predicted molar refractivity (Wildman–Crippen MR) is 146 cm³/mol. The van der Waals surface area contributed by atoms with Crippen LogP contribution in [-0.4, -0.2) is 48.7 Å². The van der Waals surface area contributed by atoms with Gasteiger partial charge in [0.1, 0.15) is 22.9 Å². The van der Waals surface area contributed by atoms with Gasteiger partial charge in [0.05, 0.1) is 35.3 Å². The molecule has 0 aliphatic carbocycles. The minimum Gasteiger partial charge on any atom is -0.480 e. The molecule has 4 aromatic rings. The summed E-state index contributed by atoms with van der Waals surface area (Å²) in [5, 5.41) is 1.58. The summed E-state index contributed by atoms with van der Waals surface area (Å²) in [6, 6.07) is 8.85. The summed E-state index contributed by atoms with van der Waals surface area (Å²) in [7, 11) is -3.02. The van der Waals surface area contributed by atoms with Crippen molar-refractivity contribution in [2.24, 2.45) is 5.92 Å². The molecule has 16 heteroatoms. The molecule has 2 heterocycles. The molecule has 0 bridgehead atoms. The lowest BCUT2D eigenvalue weighted by atomic mass is 10.0. The fourth-order valence-electron chi connectivity index (χ4n) is 3.95. The van der Waals surface area contributed by atoms with Crippen LogP contribution in [0.5, 0.6) is 5.88 Å². The van der Waals surface area contributed by atoms with Crippen molar-refractivity contribution in [3.05, 3.63) is 76.2 Å². The van der Waals surface area contributed by atoms with Crippen LogP contribution in [0.1, 0.15) is 6.92 Å². The van der Waals surface area contributed by atoms with Crippen molar-refractivity contribution >= 4 is 44.1 Å². The lowest BCUT2D eigenvalue weighted by molar-refractivity contribution is -0.140. The molecule has 1 amide bonds. The number of pyridine rings is 1. The first kappa shape index (κ1) is 30.7. The fourth-order valence-corrected chi connectivity index (χ4v) is 5.53. The van der Waals surface area contributed by atoms with Crippen LogP contribution >= 0.6 is 11.6 Å². The topological polar surface area (TPSA) is 132 Å². The van der Waals surface area contributed by atoms with Gasteiger partial charge < -0.3 is 10.1 Å². The van der Waals surface area contributed by atoms with Gasteiger partial charge in [-0.05, 0) is 42.0 Å². The largest absolute Gasteiger partial charge is 0.480 e. The number of nitrogens with zero attached hydrogens (tertiary/aromatic N) is 3. The van der Waals surface area contributed by atoms with Gasteiger partial charge in [0.15, 0.2) is 0 Å². The molecule has 0 saturated carbocycles. The Labute approximate surface area is 241 Å². The maximum atomic E-state index is 13.4. The van der Waals surface area contributed by atoms with Crippen molar-refractivity contribution < 1.29 is 35.5 Å². The Morgan fingerprint density at radius 1 is 1.12 bits per heavy atom. The first-order valence-electron chi connectivity index (χ1n) is 12.0. The van der Waals surface area contributed by atoms with E-state index in [0.29, 0.717) is 16.6 Å². The SMILES string of the molecule is COc1ncc(-c2ccc3ncn(CC(C)C(=O)NCC(F)(F)F)c(=O)c3c2)cc1NS(=O)(=O)c1ccc(F)cc1Cl. The number of aromatic nitrogens is 3. The molecular formula is C26H22ClF4N5O5S. The van der Waals surface area contributed by atoms with Crippen molar-refractivity contribution in [1.82, 2.24) is 19.9 Å². The Morgan fingerprint density at radius 3 is 2.52 bits per heavy atom. The van der Waals surface area contributed by atoms with Crippen molar-refractivity contribution in [1.29, 1.82) is 0 Å². The second-order valence-corrected chi connectivity index (χ2v) is 11.2. The van der Waals surface area contributed by atoms with E-state index in [1.165, 1.54) is 38.7 Å². The Kier molecular flexibility index (Phi) is 8.73. The normalized spacial score (nSPS) is 12.6. The molecule has 2 N–H and O–H groups in total. The van der Waals surface area contributed by atoms with Crippen LogP contribution in [0, 0.1) is 11.7 Å².